The molecule has 3 aliphatic rings. The lowest BCUT2D eigenvalue weighted by Gasteiger charge is -2.22. The van der Waals surface area contributed by atoms with Gasteiger partial charge in [-0.05, 0) is 19.3 Å². The van der Waals surface area contributed by atoms with Gasteiger partial charge in [-0.2, -0.15) is 14.0 Å². The van der Waals surface area contributed by atoms with Crippen molar-refractivity contribution in [3.63, 3.8) is 0 Å². The second-order valence-corrected chi connectivity index (χ2v) is 8.58. The number of rotatable bonds is 4. The molecule has 1 spiro atoms. The summed E-state index contributed by atoms with van der Waals surface area (Å²) in [6.45, 7) is 2.80. The van der Waals surface area contributed by atoms with E-state index in [1.165, 1.54) is 6.92 Å². The number of hydrogen-bond acceptors (Lipinski definition) is 6. The van der Waals surface area contributed by atoms with E-state index in [0.717, 1.165) is 31.0 Å². The highest BCUT2D eigenvalue weighted by Gasteiger charge is 2.53. The number of nitriles is 1. The fourth-order valence-corrected chi connectivity index (χ4v) is 4.22. The second kappa shape index (κ2) is 6.17. The highest BCUT2D eigenvalue weighted by molar-refractivity contribution is 5.89. The molecule has 0 aromatic carbocycles. The van der Waals surface area contributed by atoms with Crippen LogP contribution in [0.4, 0.5) is 26.1 Å². The molecule has 1 amide bonds. The van der Waals surface area contributed by atoms with Crippen LogP contribution in [0.1, 0.15) is 56.1 Å². The van der Waals surface area contributed by atoms with Gasteiger partial charge in [0.25, 0.3) is 0 Å². The van der Waals surface area contributed by atoms with Gasteiger partial charge in [0.05, 0.1) is 23.4 Å². The molecular formula is C21H20F2N6O. The summed E-state index contributed by atoms with van der Waals surface area (Å²) in [7, 11) is 0. The van der Waals surface area contributed by atoms with Crippen LogP contribution in [-0.4, -0.2) is 27.4 Å². The first-order chi connectivity index (χ1) is 14.2. The minimum absolute atomic E-state index is 0.0497. The van der Waals surface area contributed by atoms with Gasteiger partial charge in [-0.1, -0.05) is 0 Å². The topological polar surface area (TPSA) is 94.8 Å². The molecule has 2 aromatic heterocycles. The number of fused-ring (bicyclic) bond motifs is 2. The second-order valence-electron chi connectivity index (χ2n) is 8.58. The van der Waals surface area contributed by atoms with Crippen LogP contribution in [0, 0.1) is 17.2 Å². The van der Waals surface area contributed by atoms with E-state index in [0.29, 0.717) is 30.3 Å². The summed E-state index contributed by atoms with van der Waals surface area (Å²) in [6.07, 6.45) is 4.37. The monoisotopic (exact) mass is 410 g/mol. The van der Waals surface area contributed by atoms with E-state index in [-0.39, 0.29) is 23.2 Å². The molecule has 1 aliphatic heterocycles. The van der Waals surface area contributed by atoms with Crippen LogP contribution < -0.4 is 10.2 Å². The molecule has 2 atom stereocenters. The lowest BCUT2D eigenvalue weighted by molar-refractivity contribution is -0.114. The number of anilines is 3. The van der Waals surface area contributed by atoms with E-state index in [2.05, 4.69) is 26.3 Å². The Morgan fingerprint density at radius 1 is 1.37 bits per heavy atom. The van der Waals surface area contributed by atoms with Crippen molar-refractivity contribution in [2.24, 2.45) is 5.92 Å². The Balaban J connectivity index is 1.60. The zero-order valence-corrected chi connectivity index (χ0v) is 16.6. The van der Waals surface area contributed by atoms with Gasteiger partial charge >= 0.3 is 5.92 Å². The van der Waals surface area contributed by atoms with Crippen molar-refractivity contribution in [3.05, 3.63) is 35.4 Å². The normalized spacial score (nSPS) is 23.1. The molecule has 2 unspecified atom stereocenters. The molecule has 2 aliphatic carbocycles. The Morgan fingerprint density at radius 2 is 2.13 bits per heavy atom. The fraction of sp³-hybridized carbons (Fsp3) is 0.476. The maximum Gasteiger partial charge on any atom is 0.303 e. The highest BCUT2D eigenvalue weighted by Crippen LogP contribution is 2.58. The smallest absolute Gasteiger partial charge is 0.303 e. The molecule has 2 aromatic rings. The molecule has 30 heavy (non-hydrogen) atoms. The van der Waals surface area contributed by atoms with E-state index >= 15 is 0 Å². The third-order valence-corrected chi connectivity index (χ3v) is 6.10. The molecule has 9 heteroatoms. The fourth-order valence-electron chi connectivity index (χ4n) is 4.22. The lowest BCUT2D eigenvalue weighted by atomic mass is 10.0. The predicted octanol–water partition coefficient (Wildman–Crippen LogP) is 3.75. The van der Waals surface area contributed by atoms with Gasteiger partial charge in [0.1, 0.15) is 11.6 Å². The minimum atomic E-state index is -3.19. The number of carbonyl (C=O) groups excluding carboxylic acids is 1. The number of hydrogen-bond donors (Lipinski definition) is 1. The maximum absolute atomic E-state index is 14.2. The molecular weight excluding hydrogens is 390 g/mol. The van der Waals surface area contributed by atoms with Crippen molar-refractivity contribution in [1.29, 1.82) is 5.26 Å². The molecule has 1 N–H and O–H groups in total. The van der Waals surface area contributed by atoms with E-state index in [9.17, 15) is 13.6 Å². The quantitative estimate of drug-likeness (QED) is 0.825. The first-order valence-electron chi connectivity index (χ1n) is 9.93. The third-order valence-electron chi connectivity index (χ3n) is 6.10. The molecule has 7 nitrogen and oxygen atoms in total. The van der Waals surface area contributed by atoms with E-state index in [1.807, 2.05) is 4.90 Å². The maximum atomic E-state index is 14.2. The number of carbonyl (C=O) groups is 1. The van der Waals surface area contributed by atoms with Crippen LogP contribution in [0.5, 0.6) is 0 Å². The van der Waals surface area contributed by atoms with Crippen molar-refractivity contribution >= 4 is 23.2 Å². The van der Waals surface area contributed by atoms with Crippen molar-refractivity contribution in [3.8, 4) is 6.07 Å². The molecule has 3 heterocycles. The molecule has 2 fully saturated rings. The summed E-state index contributed by atoms with van der Waals surface area (Å²) in [5.41, 5.74) is 2.29. The number of nitrogens with zero attached hydrogens (tertiary/aromatic N) is 5. The van der Waals surface area contributed by atoms with Gasteiger partial charge in [0, 0.05) is 55.6 Å². The Bertz CT molecular complexity index is 1100. The van der Waals surface area contributed by atoms with Gasteiger partial charge in [0.15, 0.2) is 0 Å². The van der Waals surface area contributed by atoms with Gasteiger partial charge in [-0.15, -0.1) is 0 Å². The van der Waals surface area contributed by atoms with Crippen LogP contribution >= 0.6 is 0 Å². The van der Waals surface area contributed by atoms with Gasteiger partial charge in [0.2, 0.25) is 11.7 Å². The van der Waals surface area contributed by atoms with Crippen molar-refractivity contribution in [2.75, 3.05) is 16.8 Å². The molecule has 0 saturated heterocycles. The molecule has 154 valence electrons. The Hall–Kier alpha value is -3.15. The van der Waals surface area contributed by atoms with Crippen LogP contribution in [-0.2, 0) is 16.1 Å². The number of aromatic nitrogens is 3. The van der Waals surface area contributed by atoms with Gasteiger partial charge in [-0.25, -0.2) is 15.0 Å². The average molecular weight is 410 g/mol. The standard InChI is InChI=1S/C21H20F2N6O/c1-11(30)26-17-7-16-14(9-25-17)21(3-4-21)10-29(16)18-6-15(13-5-12(13)8-24)27-19(28-18)20(2,22)23/h6-7,9,12-13H,3-5,10H2,1-2H3,(H,25,26,30). The average Bonchev–Trinajstić information content (AvgIpc) is 3.58. The SMILES string of the molecule is CC(=O)Nc1cc2c(cn1)C1(CC1)CN2c1cc(C2CC2C#N)nc(C(C)(F)F)n1. The lowest BCUT2D eigenvalue weighted by Crippen LogP contribution is -2.23. The summed E-state index contributed by atoms with van der Waals surface area (Å²) in [5, 5.41) is 11.8. The first kappa shape index (κ1) is 18.9. The summed E-state index contributed by atoms with van der Waals surface area (Å²) in [5.74, 6) is -3.49. The van der Waals surface area contributed by atoms with Gasteiger partial charge < -0.3 is 10.2 Å². The summed E-state index contributed by atoms with van der Waals surface area (Å²) >= 11 is 0. The van der Waals surface area contributed by atoms with Crippen LogP contribution in [0.15, 0.2) is 18.3 Å². The van der Waals surface area contributed by atoms with Crippen molar-refractivity contribution in [2.45, 2.75) is 50.4 Å². The largest absolute Gasteiger partial charge is 0.325 e. The summed E-state index contributed by atoms with van der Waals surface area (Å²) < 4.78 is 28.3. The van der Waals surface area contributed by atoms with Crippen molar-refractivity contribution in [1.82, 2.24) is 15.0 Å². The zero-order valence-electron chi connectivity index (χ0n) is 16.6. The van der Waals surface area contributed by atoms with E-state index < -0.39 is 11.7 Å². The molecule has 0 bridgehead atoms. The molecule has 0 radical (unpaired) electrons. The number of alkyl halides is 2. The van der Waals surface area contributed by atoms with E-state index in [4.69, 9.17) is 5.26 Å². The Kier molecular flexibility index (Phi) is 3.88. The van der Waals surface area contributed by atoms with Crippen LogP contribution in [0.2, 0.25) is 0 Å². The Labute approximate surface area is 172 Å². The van der Waals surface area contributed by atoms with Crippen molar-refractivity contribution < 1.29 is 13.6 Å². The summed E-state index contributed by atoms with van der Waals surface area (Å²) in [6, 6.07) is 5.68. The molecule has 5 rings (SSSR count). The van der Waals surface area contributed by atoms with Crippen LogP contribution in [0.25, 0.3) is 0 Å². The van der Waals surface area contributed by atoms with E-state index in [1.54, 1.807) is 18.3 Å². The summed E-state index contributed by atoms with van der Waals surface area (Å²) in [4.78, 5) is 26.0. The minimum Gasteiger partial charge on any atom is -0.325 e. The van der Waals surface area contributed by atoms with Crippen LogP contribution in [0.3, 0.4) is 0 Å². The number of halogens is 2. The third kappa shape index (κ3) is 3.07. The highest BCUT2D eigenvalue weighted by atomic mass is 19.3. The molecule has 2 saturated carbocycles. The zero-order chi connectivity index (χ0) is 21.3. The number of amides is 1. The first-order valence-corrected chi connectivity index (χ1v) is 9.93. The Morgan fingerprint density at radius 3 is 2.73 bits per heavy atom. The number of pyridine rings is 1. The van der Waals surface area contributed by atoms with Gasteiger partial charge in [-0.3, -0.25) is 4.79 Å². The predicted molar refractivity (Wildman–Crippen MR) is 105 cm³/mol. The number of nitrogens with one attached hydrogen (secondary N) is 1.